The highest BCUT2D eigenvalue weighted by molar-refractivity contribution is 6.08. The number of carbonyl (C=O) groups is 1. The molecule has 2 N–H and O–H groups in total. The summed E-state index contributed by atoms with van der Waals surface area (Å²) < 4.78 is 0. The zero-order valence-electron chi connectivity index (χ0n) is 14.6. The van der Waals surface area contributed by atoms with E-state index >= 15 is 0 Å². The lowest BCUT2D eigenvalue weighted by Gasteiger charge is -2.34. The first-order chi connectivity index (χ1) is 12.6. The number of aromatic nitrogens is 3. The maximum absolute atomic E-state index is 11.8. The Balaban J connectivity index is 1.88. The number of fused-ring (bicyclic) bond motifs is 1. The molecule has 7 heteroatoms. The Morgan fingerprint density at radius 2 is 1.85 bits per heavy atom. The fraction of sp³-hybridized carbons (Fsp3) is 0.263. The predicted octanol–water partition coefficient (Wildman–Crippen LogP) is 1.54. The topological polar surface area (TPSA) is 88.2 Å². The maximum Gasteiger partial charge on any atom is 0.250 e. The standard InChI is InChI=1S/C19H20N6O/c1-24-8-10-25(11-9-24)17-6-5-13(19(20)26)18-14(17)12-16(22-23-18)15-4-2-3-7-21-15/h2-7,12H,8-11H2,1H3,(H2,20,26). The first-order valence-electron chi connectivity index (χ1n) is 8.58. The smallest absolute Gasteiger partial charge is 0.250 e. The van der Waals surface area contributed by atoms with Gasteiger partial charge in [0.15, 0.2) is 0 Å². The van der Waals surface area contributed by atoms with Gasteiger partial charge in [-0.25, -0.2) is 0 Å². The Morgan fingerprint density at radius 3 is 2.54 bits per heavy atom. The molecule has 0 bridgehead atoms. The molecular weight excluding hydrogens is 328 g/mol. The molecule has 0 aliphatic carbocycles. The van der Waals surface area contributed by atoms with E-state index in [2.05, 4.69) is 32.0 Å². The fourth-order valence-corrected chi connectivity index (χ4v) is 3.28. The van der Waals surface area contributed by atoms with Gasteiger partial charge in [0.1, 0.15) is 11.2 Å². The van der Waals surface area contributed by atoms with E-state index in [0.717, 1.165) is 42.9 Å². The second-order valence-electron chi connectivity index (χ2n) is 6.49. The molecule has 7 nitrogen and oxygen atoms in total. The molecule has 3 heterocycles. The van der Waals surface area contributed by atoms with Gasteiger partial charge in [0.25, 0.3) is 5.91 Å². The van der Waals surface area contributed by atoms with E-state index in [1.165, 1.54) is 0 Å². The molecule has 0 radical (unpaired) electrons. The lowest BCUT2D eigenvalue weighted by atomic mass is 10.0. The summed E-state index contributed by atoms with van der Waals surface area (Å²) in [5.41, 5.74) is 8.93. The third kappa shape index (κ3) is 2.97. The van der Waals surface area contributed by atoms with Gasteiger partial charge in [0.2, 0.25) is 0 Å². The number of hydrogen-bond donors (Lipinski definition) is 1. The van der Waals surface area contributed by atoms with Crippen LogP contribution in [0.4, 0.5) is 5.69 Å². The van der Waals surface area contributed by atoms with Crippen molar-refractivity contribution >= 4 is 22.5 Å². The van der Waals surface area contributed by atoms with Crippen molar-refractivity contribution in [2.45, 2.75) is 0 Å². The SMILES string of the molecule is CN1CCN(c2ccc(C(N)=O)c3nnc(-c4ccccn4)cc23)CC1. The van der Waals surface area contributed by atoms with Crippen LogP contribution in [0.5, 0.6) is 0 Å². The number of benzene rings is 1. The molecule has 26 heavy (non-hydrogen) atoms. The molecule has 1 aliphatic heterocycles. The van der Waals surface area contributed by atoms with Crippen molar-refractivity contribution in [3.63, 3.8) is 0 Å². The molecular formula is C19H20N6O. The number of anilines is 1. The van der Waals surface area contributed by atoms with E-state index in [0.29, 0.717) is 16.8 Å². The van der Waals surface area contributed by atoms with Crippen LogP contribution in [0.25, 0.3) is 22.3 Å². The van der Waals surface area contributed by atoms with Gasteiger partial charge in [-0.15, -0.1) is 10.2 Å². The molecule has 3 aromatic rings. The molecule has 1 aromatic carbocycles. The van der Waals surface area contributed by atoms with Crippen LogP contribution in [0.1, 0.15) is 10.4 Å². The second-order valence-corrected chi connectivity index (χ2v) is 6.49. The van der Waals surface area contributed by atoms with Crippen molar-refractivity contribution in [1.29, 1.82) is 0 Å². The number of piperazine rings is 1. The second kappa shape index (κ2) is 6.68. The molecule has 1 aliphatic rings. The minimum atomic E-state index is -0.500. The van der Waals surface area contributed by atoms with Crippen molar-refractivity contribution in [3.8, 4) is 11.4 Å². The van der Waals surface area contributed by atoms with Crippen molar-refractivity contribution in [2.24, 2.45) is 5.73 Å². The average molecular weight is 348 g/mol. The molecule has 4 rings (SSSR count). The van der Waals surface area contributed by atoms with Crippen LogP contribution in [0.3, 0.4) is 0 Å². The normalized spacial score (nSPS) is 15.3. The third-order valence-electron chi connectivity index (χ3n) is 4.77. The summed E-state index contributed by atoms with van der Waals surface area (Å²) in [6, 6.07) is 11.3. The van der Waals surface area contributed by atoms with Crippen LogP contribution in [-0.2, 0) is 0 Å². The summed E-state index contributed by atoms with van der Waals surface area (Å²) >= 11 is 0. The third-order valence-corrected chi connectivity index (χ3v) is 4.77. The molecule has 0 spiro atoms. The van der Waals surface area contributed by atoms with Gasteiger partial charge in [-0.05, 0) is 37.4 Å². The Bertz CT molecular complexity index is 951. The zero-order valence-corrected chi connectivity index (χ0v) is 14.6. The van der Waals surface area contributed by atoms with Crippen molar-refractivity contribution in [3.05, 3.63) is 48.2 Å². The molecule has 0 atom stereocenters. The van der Waals surface area contributed by atoms with Gasteiger partial charge in [-0.1, -0.05) is 6.07 Å². The van der Waals surface area contributed by atoms with Gasteiger partial charge >= 0.3 is 0 Å². The van der Waals surface area contributed by atoms with E-state index in [1.54, 1.807) is 12.3 Å². The first kappa shape index (κ1) is 16.4. The fourth-order valence-electron chi connectivity index (χ4n) is 3.28. The Labute approximate surface area is 151 Å². The van der Waals surface area contributed by atoms with Crippen LogP contribution >= 0.6 is 0 Å². The van der Waals surface area contributed by atoms with Crippen LogP contribution in [0.2, 0.25) is 0 Å². The Kier molecular flexibility index (Phi) is 4.22. The van der Waals surface area contributed by atoms with E-state index in [9.17, 15) is 4.79 Å². The number of nitrogens with zero attached hydrogens (tertiary/aromatic N) is 5. The number of carbonyl (C=O) groups excluding carboxylic acids is 1. The van der Waals surface area contributed by atoms with Crippen molar-refractivity contribution < 1.29 is 4.79 Å². The lowest BCUT2D eigenvalue weighted by Crippen LogP contribution is -2.44. The van der Waals surface area contributed by atoms with Crippen molar-refractivity contribution in [2.75, 3.05) is 38.1 Å². The van der Waals surface area contributed by atoms with Gasteiger partial charge in [-0.3, -0.25) is 9.78 Å². The number of pyridine rings is 1. The molecule has 132 valence electrons. The van der Waals surface area contributed by atoms with Gasteiger partial charge in [0, 0.05) is 43.4 Å². The van der Waals surface area contributed by atoms with Gasteiger partial charge in [0.05, 0.1) is 11.3 Å². The number of primary amides is 1. The number of amides is 1. The van der Waals surface area contributed by atoms with Crippen LogP contribution in [-0.4, -0.2) is 59.2 Å². The summed E-state index contributed by atoms with van der Waals surface area (Å²) in [5, 5.41) is 9.47. The number of likely N-dealkylation sites (N-methyl/N-ethyl adjacent to an activating group) is 1. The molecule has 2 aromatic heterocycles. The molecule has 1 fully saturated rings. The van der Waals surface area contributed by atoms with Crippen LogP contribution < -0.4 is 10.6 Å². The quantitative estimate of drug-likeness (QED) is 0.772. The highest BCUT2D eigenvalue weighted by Crippen LogP contribution is 2.31. The average Bonchev–Trinajstić information content (AvgIpc) is 2.68. The number of hydrogen-bond acceptors (Lipinski definition) is 6. The minimum Gasteiger partial charge on any atom is -0.368 e. The van der Waals surface area contributed by atoms with E-state index in [-0.39, 0.29) is 0 Å². The van der Waals surface area contributed by atoms with Gasteiger partial charge < -0.3 is 15.5 Å². The summed E-state index contributed by atoms with van der Waals surface area (Å²) in [7, 11) is 2.12. The Morgan fingerprint density at radius 1 is 1.04 bits per heavy atom. The number of nitrogens with two attached hydrogens (primary N) is 1. The largest absolute Gasteiger partial charge is 0.368 e. The minimum absolute atomic E-state index is 0.387. The predicted molar refractivity (Wildman–Crippen MR) is 101 cm³/mol. The van der Waals surface area contributed by atoms with E-state index in [1.807, 2.05) is 30.3 Å². The highest BCUT2D eigenvalue weighted by Gasteiger charge is 2.20. The van der Waals surface area contributed by atoms with E-state index < -0.39 is 5.91 Å². The highest BCUT2D eigenvalue weighted by atomic mass is 16.1. The maximum atomic E-state index is 11.8. The van der Waals surface area contributed by atoms with Crippen molar-refractivity contribution in [1.82, 2.24) is 20.1 Å². The monoisotopic (exact) mass is 348 g/mol. The summed E-state index contributed by atoms with van der Waals surface area (Å²) in [6.45, 7) is 3.82. The van der Waals surface area contributed by atoms with Crippen LogP contribution in [0, 0.1) is 0 Å². The van der Waals surface area contributed by atoms with Crippen LogP contribution in [0.15, 0.2) is 42.6 Å². The van der Waals surface area contributed by atoms with Gasteiger partial charge in [-0.2, -0.15) is 0 Å². The number of rotatable bonds is 3. The summed E-state index contributed by atoms with van der Waals surface area (Å²) in [6.07, 6.45) is 1.72. The summed E-state index contributed by atoms with van der Waals surface area (Å²) in [4.78, 5) is 20.8. The first-order valence-corrected chi connectivity index (χ1v) is 8.58. The molecule has 1 saturated heterocycles. The van der Waals surface area contributed by atoms with E-state index in [4.69, 9.17) is 5.73 Å². The molecule has 0 unspecified atom stereocenters. The lowest BCUT2D eigenvalue weighted by molar-refractivity contribution is 0.100. The summed E-state index contributed by atoms with van der Waals surface area (Å²) in [5.74, 6) is -0.500. The molecule has 0 saturated carbocycles. The molecule has 1 amide bonds. The Hall–Kier alpha value is -3.06. The zero-order chi connectivity index (χ0) is 18.1.